The Morgan fingerprint density at radius 2 is 2.07 bits per heavy atom. The molecule has 0 bridgehead atoms. The molecule has 142 valence electrons. The highest BCUT2D eigenvalue weighted by atomic mass is 35.5. The number of benzene rings is 2. The Kier molecular flexibility index (Phi) is 6.13. The lowest BCUT2D eigenvalue weighted by atomic mass is 9.94. The molecule has 0 unspecified atom stereocenters. The minimum Gasteiger partial charge on any atom is -0.497 e. The van der Waals surface area contributed by atoms with Crippen molar-refractivity contribution in [1.29, 1.82) is 0 Å². The predicted molar refractivity (Wildman–Crippen MR) is 105 cm³/mol. The van der Waals surface area contributed by atoms with Crippen LogP contribution in [-0.2, 0) is 11.3 Å². The van der Waals surface area contributed by atoms with Gasteiger partial charge in [0.2, 0.25) is 0 Å². The fourth-order valence-electron chi connectivity index (χ4n) is 2.92. The summed E-state index contributed by atoms with van der Waals surface area (Å²) in [7, 11) is 1.58. The monoisotopic (exact) mass is 408 g/mol. The van der Waals surface area contributed by atoms with E-state index in [-0.39, 0.29) is 12.5 Å². The van der Waals surface area contributed by atoms with Gasteiger partial charge in [-0.25, -0.2) is 9.18 Å². The van der Waals surface area contributed by atoms with E-state index in [4.69, 9.17) is 33.3 Å². The van der Waals surface area contributed by atoms with Crippen LogP contribution in [0.15, 0.2) is 42.5 Å². The zero-order chi connectivity index (χ0) is 19.4. The van der Waals surface area contributed by atoms with Gasteiger partial charge in [0, 0.05) is 17.5 Å². The molecule has 0 aliphatic carbocycles. The summed E-state index contributed by atoms with van der Waals surface area (Å²) < 4.78 is 24.6. The first kappa shape index (κ1) is 19.4. The number of nitrogens with one attached hydrogen (secondary N) is 2. The largest absolute Gasteiger partial charge is 0.497 e. The maximum atomic E-state index is 14.3. The van der Waals surface area contributed by atoms with Crippen LogP contribution in [0, 0.1) is 5.82 Å². The molecule has 8 heteroatoms. The van der Waals surface area contributed by atoms with Gasteiger partial charge in [0.25, 0.3) is 0 Å². The summed E-state index contributed by atoms with van der Waals surface area (Å²) in [6.45, 7) is 0.517. The van der Waals surface area contributed by atoms with Crippen LogP contribution in [0.5, 0.6) is 5.75 Å². The molecule has 1 amide bonds. The normalized spacial score (nSPS) is 18.7. The number of thiocarbonyl (C=S) groups is 1. The van der Waals surface area contributed by atoms with Crippen LogP contribution in [-0.4, -0.2) is 30.8 Å². The maximum absolute atomic E-state index is 14.3. The first-order valence-electron chi connectivity index (χ1n) is 8.27. The fraction of sp³-hybridized carbons (Fsp3) is 0.263. The number of alkyl carbamates (subject to hydrolysis) is 1. The van der Waals surface area contributed by atoms with Crippen molar-refractivity contribution in [1.82, 2.24) is 10.6 Å². The van der Waals surface area contributed by atoms with Crippen molar-refractivity contribution in [2.75, 3.05) is 13.7 Å². The zero-order valence-corrected chi connectivity index (χ0v) is 16.1. The highest BCUT2D eigenvalue weighted by Gasteiger charge is 2.36. The molecule has 1 aliphatic rings. The molecular formula is C19H18ClFN2O3S. The van der Waals surface area contributed by atoms with Gasteiger partial charge in [0.05, 0.1) is 18.1 Å². The van der Waals surface area contributed by atoms with Crippen LogP contribution in [0.2, 0.25) is 5.02 Å². The van der Waals surface area contributed by atoms with Crippen LogP contribution in [0.3, 0.4) is 0 Å². The van der Waals surface area contributed by atoms with Gasteiger partial charge >= 0.3 is 6.09 Å². The van der Waals surface area contributed by atoms with E-state index in [9.17, 15) is 9.18 Å². The van der Waals surface area contributed by atoms with E-state index in [1.807, 2.05) is 0 Å². The topological polar surface area (TPSA) is 59.6 Å². The minimum atomic E-state index is -0.624. The van der Waals surface area contributed by atoms with E-state index in [0.717, 1.165) is 11.3 Å². The zero-order valence-electron chi connectivity index (χ0n) is 14.5. The molecule has 2 aromatic carbocycles. The van der Waals surface area contributed by atoms with Crippen molar-refractivity contribution >= 4 is 34.9 Å². The fourth-order valence-corrected chi connectivity index (χ4v) is 3.38. The first-order valence-corrected chi connectivity index (χ1v) is 9.05. The Labute approximate surface area is 166 Å². The second kappa shape index (κ2) is 8.54. The molecular weight excluding hydrogens is 391 g/mol. The van der Waals surface area contributed by atoms with Crippen LogP contribution >= 0.6 is 23.8 Å². The standard InChI is InChI=1S/C19H18ClFN2O3S/c1-25-13-5-2-11(3-6-13)10-26-19(24)23-17-15(9-22-18(17)27)14-7-4-12(20)8-16(14)21/h2-8,15,17H,9-10H2,1H3,(H,22,27)(H,23,24)/t15-,17-/m0/s1. The van der Waals surface area contributed by atoms with Gasteiger partial charge in [-0.1, -0.05) is 42.0 Å². The number of halogens is 2. The molecule has 27 heavy (non-hydrogen) atoms. The number of carbonyl (C=O) groups is 1. The summed E-state index contributed by atoms with van der Waals surface area (Å²) in [5.74, 6) is -0.0564. The van der Waals surface area contributed by atoms with Crippen LogP contribution in [0.25, 0.3) is 0 Å². The van der Waals surface area contributed by atoms with E-state index in [1.165, 1.54) is 6.07 Å². The summed E-state index contributed by atoms with van der Waals surface area (Å²) in [6, 6.07) is 11.1. The van der Waals surface area contributed by atoms with Crippen LogP contribution in [0.4, 0.5) is 9.18 Å². The first-order chi connectivity index (χ1) is 13.0. The molecule has 0 spiro atoms. The van der Waals surface area contributed by atoms with Gasteiger partial charge in [0.15, 0.2) is 0 Å². The molecule has 1 fully saturated rings. The third-order valence-electron chi connectivity index (χ3n) is 4.35. The summed E-state index contributed by atoms with van der Waals surface area (Å²) in [5.41, 5.74) is 1.26. The summed E-state index contributed by atoms with van der Waals surface area (Å²) in [6.07, 6.45) is -0.624. The lowest BCUT2D eigenvalue weighted by Gasteiger charge is -2.20. The highest BCUT2D eigenvalue weighted by molar-refractivity contribution is 7.80. The van der Waals surface area contributed by atoms with Gasteiger partial charge in [-0.2, -0.15) is 0 Å². The van der Waals surface area contributed by atoms with Gasteiger partial charge in [-0.3, -0.25) is 0 Å². The number of ether oxygens (including phenoxy) is 2. The van der Waals surface area contributed by atoms with Crippen molar-refractivity contribution < 1.29 is 18.7 Å². The Balaban J connectivity index is 1.63. The SMILES string of the molecule is COc1ccc(COC(=O)N[C@@H]2C(=S)NC[C@H]2c2ccc(Cl)cc2F)cc1. The third-order valence-corrected chi connectivity index (χ3v) is 4.98. The molecule has 3 rings (SSSR count). The molecule has 1 aliphatic heterocycles. The van der Waals surface area contributed by atoms with Crippen molar-refractivity contribution in [2.45, 2.75) is 18.6 Å². The second-order valence-corrected chi connectivity index (χ2v) is 6.94. The van der Waals surface area contributed by atoms with Gasteiger partial charge < -0.3 is 20.1 Å². The molecule has 0 saturated carbocycles. The number of hydrogen-bond donors (Lipinski definition) is 2. The molecule has 2 N–H and O–H groups in total. The lowest BCUT2D eigenvalue weighted by molar-refractivity contribution is 0.137. The van der Waals surface area contributed by atoms with E-state index >= 15 is 0 Å². The number of hydrogen-bond acceptors (Lipinski definition) is 4. The molecule has 0 radical (unpaired) electrons. The van der Waals surface area contributed by atoms with Crippen LogP contribution < -0.4 is 15.4 Å². The number of carbonyl (C=O) groups excluding carboxylic acids is 1. The van der Waals surface area contributed by atoms with Gasteiger partial charge in [-0.05, 0) is 35.4 Å². The Morgan fingerprint density at radius 3 is 2.74 bits per heavy atom. The Morgan fingerprint density at radius 1 is 1.33 bits per heavy atom. The van der Waals surface area contributed by atoms with E-state index in [0.29, 0.717) is 22.1 Å². The molecule has 5 nitrogen and oxygen atoms in total. The predicted octanol–water partition coefficient (Wildman–Crippen LogP) is 3.80. The van der Waals surface area contributed by atoms with Crippen molar-refractivity contribution in [3.05, 3.63) is 64.4 Å². The molecule has 1 saturated heterocycles. The van der Waals surface area contributed by atoms with Crippen LogP contribution in [0.1, 0.15) is 17.0 Å². The minimum absolute atomic E-state index is 0.0999. The van der Waals surface area contributed by atoms with Gasteiger partial charge in [-0.15, -0.1) is 0 Å². The maximum Gasteiger partial charge on any atom is 0.408 e. The summed E-state index contributed by atoms with van der Waals surface area (Å²) >= 11 is 11.1. The number of methoxy groups -OCH3 is 1. The van der Waals surface area contributed by atoms with E-state index < -0.39 is 18.0 Å². The summed E-state index contributed by atoms with van der Waals surface area (Å²) in [4.78, 5) is 12.6. The average molecular weight is 409 g/mol. The smallest absolute Gasteiger partial charge is 0.408 e. The van der Waals surface area contributed by atoms with Crippen molar-refractivity contribution in [2.24, 2.45) is 0 Å². The van der Waals surface area contributed by atoms with E-state index in [2.05, 4.69) is 10.6 Å². The van der Waals surface area contributed by atoms with E-state index in [1.54, 1.807) is 43.5 Å². The third kappa shape index (κ3) is 4.67. The second-order valence-electron chi connectivity index (χ2n) is 6.06. The summed E-state index contributed by atoms with van der Waals surface area (Å²) in [5, 5.41) is 6.04. The molecule has 2 atom stereocenters. The number of amides is 1. The Hall–Kier alpha value is -2.38. The Bertz CT molecular complexity index is 847. The molecule has 1 heterocycles. The van der Waals surface area contributed by atoms with Gasteiger partial charge in [0.1, 0.15) is 18.2 Å². The molecule has 0 aromatic heterocycles. The average Bonchev–Trinajstić information content (AvgIpc) is 3.01. The molecule has 2 aromatic rings. The lowest BCUT2D eigenvalue weighted by Crippen LogP contribution is -2.42. The quantitative estimate of drug-likeness (QED) is 0.737. The van der Waals surface area contributed by atoms with Crippen molar-refractivity contribution in [3.63, 3.8) is 0 Å². The number of rotatable bonds is 5. The highest BCUT2D eigenvalue weighted by Crippen LogP contribution is 2.28. The van der Waals surface area contributed by atoms with Crippen molar-refractivity contribution in [3.8, 4) is 5.75 Å².